The van der Waals surface area contributed by atoms with Crippen molar-refractivity contribution in [2.24, 2.45) is 0 Å². The molecular weight excluding hydrogens is 272 g/mol. The van der Waals surface area contributed by atoms with Crippen LogP contribution in [0.1, 0.15) is 18.6 Å². The average Bonchev–Trinajstić information content (AvgIpc) is 3.01. The molecular formula is C15H20N2O2S. The van der Waals surface area contributed by atoms with Crippen LogP contribution in [0.5, 0.6) is 0 Å². The van der Waals surface area contributed by atoms with E-state index < -0.39 is 0 Å². The average molecular weight is 292 g/mol. The zero-order valence-corrected chi connectivity index (χ0v) is 12.4. The minimum atomic E-state index is -0.0262. The summed E-state index contributed by atoms with van der Waals surface area (Å²) in [6.07, 6.45) is 0.0601. The molecule has 2 aliphatic heterocycles. The van der Waals surface area contributed by atoms with E-state index in [9.17, 15) is 4.79 Å². The molecule has 0 saturated carbocycles. The Hall–Kier alpha value is -1.04. The Kier molecular flexibility index (Phi) is 4.29. The van der Waals surface area contributed by atoms with Crippen LogP contribution in [0.3, 0.4) is 0 Å². The summed E-state index contributed by atoms with van der Waals surface area (Å²) >= 11 is 1.78. The van der Waals surface area contributed by atoms with Crippen LogP contribution >= 0.6 is 11.8 Å². The Morgan fingerprint density at radius 1 is 1.35 bits per heavy atom. The van der Waals surface area contributed by atoms with Crippen molar-refractivity contribution in [1.29, 1.82) is 0 Å². The summed E-state index contributed by atoms with van der Waals surface area (Å²) in [4.78, 5) is 14.5. The van der Waals surface area contributed by atoms with Crippen LogP contribution in [-0.2, 0) is 9.53 Å². The molecule has 1 amide bonds. The summed E-state index contributed by atoms with van der Waals surface area (Å²) < 4.78 is 6.00. The Bertz CT molecular complexity index is 462. The van der Waals surface area contributed by atoms with E-state index in [0.29, 0.717) is 13.1 Å². The van der Waals surface area contributed by atoms with Crippen molar-refractivity contribution < 1.29 is 9.53 Å². The first-order chi connectivity index (χ1) is 9.74. The Morgan fingerprint density at radius 2 is 2.15 bits per heavy atom. The molecule has 108 valence electrons. The Balaban J connectivity index is 1.71. The van der Waals surface area contributed by atoms with Crippen molar-refractivity contribution >= 4 is 17.7 Å². The first-order valence-corrected chi connectivity index (χ1v) is 8.20. The summed E-state index contributed by atoms with van der Waals surface area (Å²) in [5.41, 5.74) is 1.14. The highest BCUT2D eigenvalue weighted by Gasteiger charge is 2.33. The van der Waals surface area contributed by atoms with Gasteiger partial charge in [0, 0.05) is 18.2 Å². The number of carbonyl (C=O) groups is 1. The van der Waals surface area contributed by atoms with Gasteiger partial charge in [0.25, 0.3) is 0 Å². The van der Waals surface area contributed by atoms with Gasteiger partial charge in [0.1, 0.15) is 6.10 Å². The van der Waals surface area contributed by atoms with Crippen LogP contribution in [0.2, 0.25) is 0 Å². The summed E-state index contributed by atoms with van der Waals surface area (Å²) in [7, 11) is 0. The molecule has 0 unspecified atom stereocenters. The lowest BCUT2D eigenvalue weighted by Gasteiger charge is -2.38. The molecule has 1 aromatic carbocycles. The predicted molar refractivity (Wildman–Crippen MR) is 80.6 cm³/mol. The fraction of sp³-hybridized carbons (Fsp3) is 0.533. The minimum absolute atomic E-state index is 0.0158. The molecule has 20 heavy (non-hydrogen) atoms. The number of hydrogen-bond donors (Lipinski definition) is 1. The number of nitrogens with one attached hydrogen (secondary N) is 1. The zero-order valence-electron chi connectivity index (χ0n) is 11.6. The number of rotatable bonds is 2. The molecule has 3 atom stereocenters. The summed E-state index contributed by atoms with van der Waals surface area (Å²) in [6.45, 7) is 3.37. The van der Waals surface area contributed by atoms with Gasteiger partial charge in [-0.05, 0) is 12.5 Å². The van der Waals surface area contributed by atoms with Gasteiger partial charge in [-0.1, -0.05) is 30.3 Å². The monoisotopic (exact) mass is 292 g/mol. The standard InChI is InChI=1S/C15H20N2O2S/c1-11-7-17(15(18)13-9-20-10-16-13)8-14(19-11)12-5-3-2-4-6-12/h2-6,11,13-14,16H,7-10H2,1H3/t11-,13+,14-/m0/s1. The van der Waals surface area contributed by atoms with Gasteiger partial charge >= 0.3 is 0 Å². The lowest BCUT2D eigenvalue weighted by atomic mass is 10.1. The summed E-state index contributed by atoms with van der Waals surface area (Å²) in [6, 6.07) is 10.1. The van der Waals surface area contributed by atoms with E-state index in [1.54, 1.807) is 11.8 Å². The van der Waals surface area contributed by atoms with Gasteiger partial charge in [0.05, 0.1) is 18.7 Å². The number of thioether (sulfide) groups is 1. The topological polar surface area (TPSA) is 41.6 Å². The van der Waals surface area contributed by atoms with E-state index in [1.165, 1.54) is 0 Å². The number of nitrogens with zero attached hydrogens (tertiary/aromatic N) is 1. The molecule has 0 aliphatic carbocycles. The third-order valence-corrected chi connectivity index (χ3v) is 4.70. The molecule has 0 aromatic heterocycles. The quantitative estimate of drug-likeness (QED) is 0.900. The number of benzene rings is 1. The van der Waals surface area contributed by atoms with Gasteiger partial charge in [0.15, 0.2) is 0 Å². The molecule has 2 heterocycles. The van der Waals surface area contributed by atoms with E-state index in [1.807, 2.05) is 30.0 Å². The third-order valence-electron chi connectivity index (χ3n) is 3.76. The van der Waals surface area contributed by atoms with E-state index >= 15 is 0 Å². The maximum atomic E-state index is 12.5. The maximum Gasteiger partial charge on any atom is 0.240 e. The molecule has 0 bridgehead atoms. The highest BCUT2D eigenvalue weighted by molar-refractivity contribution is 7.99. The van der Waals surface area contributed by atoms with Crippen LogP contribution in [0.4, 0.5) is 0 Å². The molecule has 0 radical (unpaired) electrons. The fourth-order valence-electron chi connectivity index (χ4n) is 2.76. The Labute approximate surface area is 123 Å². The van der Waals surface area contributed by atoms with Crippen LogP contribution < -0.4 is 5.32 Å². The van der Waals surface area contributed by atoms with Crippen LogP contribution in [0.15, 0.2) is 30.3 Å². The van der Waals surface area contributed by atoms with Crippen molar-refractivity contribution in [1.82, 2.24) is 10.2 Å². The van der Waals surface area contributed by atoms with E-state index in [-0.39, 0.29) is 24.2 Å². The van der Waals surface area contributed by atoms with Crippen LogP contribution in [-0.4, -0.2) is 47.7 Å². The summed E-state index contributed by atoms with van der Waals surface area (Å²) in [5, 5.41) is 3.25. The van der Waals surface area contributed by atoms with Gasteiger partial charge in [0.2, 0.25) is 5.91 Å². The predicted octanol–water partition coefficient (Wildman–Crippen LogP) is 1.64. The van der Waals surface area contributed by atoms with Crippen molar-refractivity contribution in [3.63, 3.8) is 0 Å². The molecule has 2 fully saturated rings. The SMILES string of the molecule is C[C@H]1CN(C(=O)[C@H]2CSCN2)C[C@@H](c2ccccc2)O1. The Morgan fingerprint density at radius 3 is 2.85 bits per heavy atom. The molecule has 0 spiro atoms. The second kappa shape index (κ2) is 6.16. The molecule has 2 saturated heterocycles. The van der Waals surface area contributed by atoms with Gasteiger partial charge in [-0.25, -0.2) is 0 Å². The highest BCUT2D eigenvalue weighted by Crippen LogP contribution is 2.26. The van der Waals surface area contributed by atoms with Crippen molar-refractivity contribution in [3.05, 3.63) is 35.9 Å². The molecule has 1 N–H and O–H groups in total. The van der Waals surface area contributed by atoms with Gasteiger partial charge in [-0.3, -0.25) is 10.1 Å². The second-order valence-electron chi connectivity index (χ2n) is 5.36. The lowest BCUT2D eigenvalue weighted by molar-refractivity contribution is -0.146. The minimum Gasteiger partial charge on any atom is -0.367 e. The number of amides is 1. The number of ether oxygens (including phenoxy) is 1. The van der Waals surface area contributed by atoms with Gasteiger partial charge in [-0.2, -0.15) is 0 Å². The number of hydrogen-bond acceptors (Lipinski definition) is 4. The second-order valence-corrected chi connectivity index (χ2v) is 6.39. The van der Waals surface area contributed by atoms with E-state index in [4.69, 9.17) is 4.74 Å². The highest BCUT2D eigenvalue weighted by atomic mass is 32.2. The summed E-state index contributed by atoms with van der Waals surface area (Å²) in [5.74, 6) is 1.96. The lowest BCUT2D eigenvalue weighted by Crippen LogP contribution is -2.52. The molecule has 5 heteroatoms. The third kappa shape index (κ3) is 3.00. The van der Waals surface area contributed by atoms with Crippen LogP contribution in [0.25, 0.3) is 0 Å². The van der Waals surface area contributed by atoms with Crippen LogP contribution in [0, 0.1) is 0 Å². The largest absolute Gasteiger partial charge is 0.367 e. The molecule has 4 nitrogen and oxygen atoms in total. The molecule has 1 aromatic rings. The van der Waals surface area contributed by atoms with Gasteiger partial charge in [-0.15, -0.1) is 11.8 Å². The van der Waals surface area contributed by atoms with Crippen molar-refractivity contribution in [2.45, 2.75) is 25.2 Å². The molecule has 2 aliphatic rings. The van der Waals surface area contributed by atoms with Crippen molar-refractivity contribution in [2.75, 3.05) is 24.7 Å². The van der Waals surface area contributed by atoms with Gasteiger partial charge < -0.3 is 9.64 Å². The van der Waals surface area contributed by atoms with E-state index in [0.717, 1.165) is 17.2 Å². The fourth-order valence-corrected chi connectivity index (χ4v) is 3.69. The normalized spacial score (nSPS) is 30.4. The van der Waals surface area contributed by atoms with Crippen molar-refractivity contribution in [3.8, 4) is 0 Å². The number of carbonyl (C=O) groups excluding carboxylic acids is 1. The number of morpholine rings is 1. The first kappa shape index (κ1) is 13.9. The zero-order chi connectivity index (χ0) is 13.9. The maximum absolute atomic E-state index is 12.5. The smallest absolute Gasteiger partial charge is 0.240 e. The molecule has 3 rings (SSSR count). The van der Waals surface area contributed by atoms with E-state index in [2.05, 4.69) is 17.4 Å². The first-order valence-electron chi connectivity index (χ1n) is 7.04.